The molecule has 1 atom stereocenters. The monoisotopic (exact) mass is 1250 g/mol. The van der Waals surface area contributed by atoms with E-state index in [1.165, 1.54) is 0 Å². The Bertz CT molecular complexity index is 5570. The van der Waals surface area contributed by atoms with Crippen molar-refractivity contribution in [1.29, 1.82) is 0 Å². The van der Waals surface area contributed by atoms with Crippen LogP contribution in [0.2, 0.25) is 0 Å². The Morgan fingerprint density at radius 3 is 1.05 bits per heavy atom. The van der Waals surface area contributed by atoms with Crippen molar-refractivity contribution in [3.8, 4) is 45.3 Å². The summed E-state index contributed by atoms with van der Waals surface area (Å²) in [5.41, 5.74) is 17.1. The number of rotatable bonds is 11. The zero-order chi connectivity index (χ0) is 62.5. The highest BCUT2D eigenvalue weighted by molar-refractivity contribution is 7.76. The molecule has 13 aromatic carbocycles. The molecule has 1 unspecified atom stereocenters. The minimum Gasteiger partial charge on any atom is -0.307 e. The first kappa shape index (κ1) is 55.1. The molecule has 0 saturated heterocycles. The minimum atomic E-state index is -3.94. The first-order valence-corrected chi connectivity index (χ1v) is 34.7. The maximum absolute atomic E-state index is 17.6. The van der Waals surface area contributed by atoms with Crippen LogP contribution in [0.15, 0.2) is 340 Å². The lowest BCUT2D eigenvalue weighted by Crippen LogP contribution is -2.29. The lowest BCUT2D eigenvalue weighted by atomic mass is 9.96. The predicted octanol–water partition coefficient (Wildman–Crippen LogP) is 21.3. The van der Waals surface area contributed by atoms with Gasteiger partial charge < -0.3 is 4.57 Å². The van der Waals surface area contributed by atoms with Crippen LogP contribution in [-0.4, -0.2) is 19.1 Å². The highest BCUT2D eigenvalue weighted by Gasteiger charge is 2.52. The van der Waals surface area contributed by atoms with Crippen LogP contribution in [0, 0.1) is 0 Å². The molecule has 94 heavy (non-hydrogen) atoms. The van der Waals surface area contributed by atoms with Gasteiger partial charge in [-0.05, 0) is 145 Å². The highest BCUT2D eigenvalue weighted by Crippen LogP contribution is 2.72. The van der Waals surface area contributed by atoms with E-state index in [1.807, 2.05) is 182 Å². The van der Waals surface area contributed by atoms with Gasteiger partial charge in [0, 0.05) is 61.1 Å². The topological polar surface area (TPSA) is 82.7 Å². The fourth-order valence-electron chi connectivity index (χ4n) is 14.3. The second kappa shape index (κ2) is 22.0. The third kappa shape index (κ3) is 8.44. The van der Waals surface area contributed by atoms with E-state index in [0.717, 1.165) is 128 Å². The largest absolute Gasteiger partial charge is 0.307 e. The van der Waals surface area contributed by atoms with Crippen molar-refractivity contribution in [1.82, 2.24) is 19.1 Å². The molecular weight excluding hydrogens is 1190 g/mol. The molecule has 0 N–H and O–H groups in total. The van der Waals surface area contributed by atoms with Gasteiger partial charge in [-0.15, -0.1) is 0 Å². The highest BCUT2D eigenvalue weighted by atomic mass is 31.2. The SMILES string of the molecule is O=P1(c2ccc(P3(=O)N(c4ccccc4)c4ccccc4N3c3ccc(-c4cc5c6ccccc6n(-c6nc(-c7ccccc7)cc(-c7ccccc7)n6)c5c5c4c4ccccc4n5-c4ccccc4)cc3)cc2)N(c2ccccc2)c2ccccc2N1c1ccccc1. The van der Waals surface area contributed by atoms with Gasteiger partial charge in [0.15, 0.2) is 0 Å². The van der Waals surface area contributed by atoms with Gasteiger partial charge in [-0.25, -0.2) is 9.97 Å². The average Bonchev–Trinajstić information content (AvgIpc) is 1.55. The standard InChI is InChI=1S/C82H56N8O2P2/c91-93(87(61-33-13-4-14-34-61)75-43-23-24-44-76(75)88(93)62-35-15-5-16-36-62)65-51-53-66(54-52-65)94(92)89(63-37-17-6-18-38-63)77-45-25-26-46-78(77)90(94)64-49-47-57(48-50-64)69-55-70-67-39-19-21-41-73(67)86(80(70)81-79(69)68-40-20-22-42-74(68)85(81)60-31-11-3-12-32-60)82-83-71(58-27-7-1-8-28-58)56-72(84-82)59-29-9-2-10-30-59/h1-56H. The summed E-state index contributed by atoms with van der Waals surface area (Å²) < 4.78 is 47.1. The van der Waals surface area contributed by atoms with E-state index in [9.17, 15) is 0 Å². The van der Waals surface area contributed by atoms with Crippen LogP contribution in [0.4, 0.5) is 45.5 Å². The van der Waals surface area contributed by atoms with Crippen LogP contribution in [0.3, 0.4) is 0 Å². The number of anilines is 8. The van der Waals surface area contributed by atoms with E-state index in [4.69, 9.17) is 9.97 Å². The molecule has 10 nitrogen and oxygen atoms in total. The molecule has 18 rings (SSSR count). The van der Waals surface area contributed by atoms with Crippen molar-refractivity contribution in [3.05, 3.63) is 340 Å². The molecule has 3 aromatic heterocycles. The molecule has 0 amide bonds. The van der Waals surface area contributed by atoms with Crippen LogP contribution in [-0.2, 0) is 9.13 Å². The van der Waals surface area contributed by atoms with Gasteiger partial charge in [-0.3, -0.25) is 32.4 Å². The number of aromatic nitrogens is 4. The molecule has 0 spiro atoms. The number of fused-ring (bicyclic) bond motifs is 9. The average molecular weight is 1250 g/mol. The Balaban J connectivity index is 0.836. The molecular formula is C82H56N8O2P2. The van der Waals surface area contributed by atoms with Gasteiger partial charge in [0.1, 0.15) is 0 Å². The maximum atomic E-state index is 17.6. The fraction of sp³-hybridized carbons (Fsp3) is 0. The van der Waals surface area contributed by atoms with Crippen molar-refractivity contribution in [2.75, 3.05) is 18.7 Å². The van der Waals surface area contributed by atoms with Crippen molar-refractivity contribution >= 4 is 115 Å². The Labute approximate surface area is 543 Å². The first-order valence-electron chi connectivity index (χ1n) is 31.5. The normalized spacial score (nSPS) is 14.9. The first-order chi connectivity index (χ1) is 46.4. The van der Waals surface area contributed by atoms with Gasteiger partial charge in [0.25, 0.3) is 0 Å². The van der Waals surface area contributed by atoms with Crippen molar-refractivity contribution in [2.45, 2.75) is 0 Å². The number of para-hydroxylation sites is 10. The summed E-state index contributed by atoms with van der Waals surface area (Å²) in [4.78, 5) is 11.0. The zero-order valence-electron chi connectivity index (χ0n) is 50.6. The van der Waals surface area contributed by atoms with Crippen LogP contribution in [0.25, 0.3) is 88.9 Å². The van der Waals surface area contributed by atoms with E-state index >= 15 is 9.13 Å². The zero-order valence-corrected chi connectivity index (χ0v) is 52.4. The van der Waals surface area contributed by atoms with E-state index in [0.29, 0.717) is 16.6 Å². The Kier molecular flexibility index (Phi) is 12.9. The molecule has 2 aliphatic rings. The molecule has 0 bridgehead atoms. The van der Waals surface area contributed by atoms with Gasteiger partial charge >= 0.3 is 14.9 Å². The third-order valence-corrected chi connectivity index (χ3v) is 24.2. The number of hydrogen-bond acceptors (Lipinski definition) is 4. The summed E-state index contributed by atoms with van der Waals surface area (Å²) in [5.74, 6) is 0.561. The molecule has 16 aromatic rings. The lowest BCUT2D eigenvalue weighted by molar-refractivity contribution is 0.581. The summed E-state index contributed by atoms with van der Waals surface area (Å²) in [5, 5.41) is 5.43. The fourth-order valence-corrected chi connectivity index (χ4v) is 20.3. The summed E-state index contributed by atoms with van der Waals surface area (Å²) in [7, 11) is -7.70. The summed E-state index contributed by atoms with van der Waals surface area (Å²) in [6, 6.07) is 115. The van der Waals surface area contributed by atoms with Crippen LogP contribution < -0.4 is 29.3 Å². The van der Waals surface area contributed by atoms with Gasteiger partial charge in [-0.1, -0.05) is 206 Å². The van der Waals surface area contributed by atoms with E-state index in [2.05, 4.69) is 185 Å². The number of nitrogens with zero attached hydrogens (tertiary/aromatic N) is 8. The molecule has 446 valence electrons. The van der Waals surface area contributed by atoms with Gasteiger partial charge in [-0.2, -0.15) is 0 Å². The lowest BCUT2D eigenvalue weighted by Gasteiger charge is -2.35. The quantitative estimate of drug-likeness (QED) is 0.118. The van der Waals surface area contributed by atoms with Crippen LogP contribution in [0.1, 0.15) is 0 Å². The van der Waals surface area contributed by atoms with E-state index in [-0.39, 0.29) is 0 Å². The van der Waals surface area contributed by atoms with Crippen LogP contribution in [0.5, 0.6) is 0 Å². The summed E-state index contributed by atoms with van der Waals surface area (Å²) >= 11 is 0. The van der Waals surface area contributed by atoms with Crippen molar-refractivity contribution in [3.63, 3.8) is 0 Å². The van der Waals surface area contributed by atoms with E-state index < -0.39 is 14.9 Å². The molecule has 0 radical (unpaired) electrons. The minimum absolute atomic E-state index is 0.561. The second-order valence-corrected chi connectivity index (χ2v) is 28.4. The molecule has 0 fully saturated rings. The Morgan fingerprint density at radius 1 is 0.266 bits per heavy atom. The van der Waals surface area contributed by atoms with Gasteiger partial charge in [0.2, 0.25) is 5.95 Å². The molecule has 5 heterocycles. The third-order valence-electron chi connectivity index (χ3n) is 18.3. The van der Waals surface area contributed by atoms with Crippen molar-refractivity contribution in [2.24, 2.45) is 0 Å². The second-order valence-electron chi connectivity index (χ2n) is 23.6. The summed E-state index contributed by atoms with van der Waals surface area (Å²) in [6.07, 6.45) is 0. The van der Waals surface area contributed by atoms with E-state index in [1.54, 1.807) is 0 Å². The number of benzene rings is 13. The Morgan fingerprint density at radius 2 is 0.617 bits per heavy atom. The Hall–Kier alpha value is -11.8. The maximum Gasteiger partial charge on any atom is 0.301 e. The van der Waals surface area contributed by atoms with Crippen LogP contribution >= 0.6 is 14.9 Å². The van der Waals surface area contributed by atoms with Crippen molar-refractivity contribution < 1.29 is 9.13 Å². The molecule has 2 aliphatic heterocycles. The summed E-state index contributed by atoms with van der Waals surface area (Å²) in [6.45, 7) is 0. The predicted molar refractivity (Wildman–Crippen MR) is 389 cm³/mol. The number of hydrogen-bond donors (Lipinski definition) is 0. The molecule has 12 heteroatoms. The smallest absolute Gasteiger partial charge is 0.301 e. The molecule has 0 aliphatic carbocycles. The van der Waals surface area contributed by atoms with Gasteiger partial charge in [0.05, 0.1) is 66.8 Å². The molecule has 0 saturated carbocycles.